The van der Waals surface area contributed by atoms with Gasteiger partial charge in [0.2, 0.25) is 0 Å². The summed E-state index contributed by atoms with van der Waals surface area (Å²) in [6, 6.07) is 0. The van der Waals surface area contributed by atoms with Crippen LogP contribution in [0.25, 0.3) is 0 Å². The van der Waals surface area contributed by atoms with E-state index in [0.29, 0.717) is 0 Å². The molecule has 2 bridgehead atoms. The van der Waals surface area contributed by atoms with Crippen LogP contribution in [0, 0.1) is 0 Å². The van der Waals surface area contributed by atoms with Crippen LogP contribution in [0.15, 0.2) is 0 Å². The Morgan fingerprint density at radius 1 is 0.769 bits per heavy atom. The Hall–Kier alpha value is 0.620. The lowest BCUT2D eigenvalue weighted by molar-refractivity contribution is 0.149. The number of hydrogen-bond donors (Lipinski definition) is 0. The normalized spacial score (nSPS) is 36.9. The fourth-order valence-corrected chi connectivity index (χ4v) is 3.88. The SMILES string of the molecule is C1CCN2CSCSCN(CC1)C2. The van der Waals surface area contributed by atoms with E-state index in [4.69, 9.17) is 0 Å². The van der Waals surface area contributed by atoms with Crippen LogP contribution in [0.2, 0.25) is 0 Å². The summed E-state index contributed by atoms with van der Waals surface area (Å²) in [6.07, 6.45) is 4.23. The largest absolute Gasteiger partial charge is 0.281 e. The van der Waals surface area contributed by atoms with Crippen molar-refractivity contribution in [2.24, 2.45) is 0 Å². The van der Waals surface area contributed by atoms with Gasteiger partial charge in [0.05, 0.1) is 6.67 Å². The van der Waals surface area contributed by atoms with Crippen LogP contribution in [-0.4, -0.2) is 46.4 Å². The molecule has 2 unspecified atom stereocenters. The lowest BCUT2D eigenvalue weighted by Crippen LogP contribution is -2.41. The van der Waals surface area contributed by atoms with Crippen LogP contribution in [0.5, 0.6) is 0 Å². The van der Waals surface area contributed by atoms with Gasteiger partial charge < -0.3 is 0 Å². The van der Waals surface area contributed by atoms with Crippen LogP contribution in [0.1, 0.15) is 19.3 Å². The van der Waals surface area contributed by atoms with Crippen LogP contribution in [-0.2, 0) is 0 Å². The predicted octanol–water partition coefficient (Wildman–Crippen LogP) is 2.08. The van der Waals surface area contributed by atoms with Gasteiger partial charge in [0.1, 0.15) is 0 Å². The van der Waals surface area contributed by atoms with Gasteiger partial charge in [-0.05, 0) is 12.8 Å². The van der Waals surface area contributed by atoms with Crippen molar-refractivity contribution in [2.75, 3.05) is 36.6 Å². The molecule has 0 aromatic rings. The smallest absolute Gasteiger partial charge is 0.0521 e. The summed E-state index contributed by atoms with van der Waals surface area (Å²) < 4.78 is 0. The second-order valence-electron chi connectivity index (χ2n) is 3.78. The third-order valence-corrected chi connectivity index (χ3v) is 4.99. The van der Waals surface area contributed by atoms with Gasteiger partial charge in [0.15, 0.2) is 0 Å². The van der Waals surface area contributed by atoms with Crippen molar-refractivity contribution in [1.82, 2.24) is 9.80 Å². The molecule has 2 saturated heterocycles. The average Bonchev–Trinajstić information content (AvgIpc) is 2.00. The fraction of sp³-hybridized carbons (Fsp3) is 1.00. The predicted molar refractivity (Wildman–Crippen MR) is 61.9 cm³/mol. The summed E-state index contributed by atoms with van der Waals surface area (Å²) in [5, 5.41) is 1.27. The van der Waals surface area contributed by atoms with Crippen molar-refractivity contribution in [1.29, 1.82) is 0 Å². The van der Waals surface area contributed by atoms with Gasteiger partial charge in [-0.25, -0.2) is 0 Å². The summed E-state index contributed by atoms with van der Waals surface area (Å²) in [5.74, 6) is 2.48. The molecule has 13 heavy (non-hydrogen) atoms. The van der Waals surface area contributed by atoms with E-state index in [0.717, 1.165) is 0 Å². The van der Waals surface area contributed by atoms with Gasteiger partial charge in [-0.3, -0.25) is 9.80 Å². The molecule has 0 saturated carbocycles. The summed E-state index contributed by atoms with van der Waals surface area (Å²) in [4.78, 5) is 5.20. The van der Waals surface area contributed by atoms with Crippen molar-refractivity contribution in [2.45, 2.75) is 19.3 Å². The summed E-state index contributed by atoms with van der Waals surface area (Å²) in [7, 11) is 0. The van der Waals surface area contributed by atoms with Crippen molar-refractivity contribution in [3.05, 3.63) is 0 Å². The first kappa shape index (κ1) is 10.1. The number of fused-ring (bicyclic) bond motifs is 2. The maximum absolute atomic E-state index is 2.60. The highest BCUT2D eigenvalue weighted by Crippen LogP contribution is 2.20. The summed E-state index contributed by atoms with van der Waals surface area (Å²) in [5.41, 5.74) is 0. The van der Waals surface area contributed by atoms with Gasteiger partial charge in [-0.15, -0.1) is 23.5 Å². The highest BCUT2D eigenvalue weighted by molar-refractivity contribution is 8.15. The van der Waals surface area contributed by atoms with E-state index in [-0.39, 0.29) is 0 Å². The number of rotatable bonds is 0. The Morgan fingerprint density at radius 2 is 1.38 bits per heavy atom. The van der Waals surface area contributed by atoms with E-state index in [9.17, 15) is 0 Å². The molecule has 0 N–H and O–H groups in total. The molecule has 4 heteroatoms. The molecule has 2 rings (SSSR count). The molecule has 0 aromatic carbocycles. The minimum Gasteiger partial charge on any atom is -0.281 e. The molecular formula is C9H18N2S2. The topological polar surface area (TPSA) is 6.48 Å². The zero-order valence-electron chi connectivity index (χ0n) is 8.07. The molecular weight excluding hydrogens is 200 g/mol. The van der Waals surface area contributed by atoms with Gasteiger partial charge in [0.25, 0.3) is 0 Å². The Balaban J connectivity index is 1.90. The van der Waals surface area contributed by atoms with Crippen LogP contribution in [0.3, 0.4) is 0 Å². The number of hydrogen-bond acceptors (Lipinski definition) is 4. The summed E-state index contributed by atoms with van der Waals surface area (Å²) in [6.45, 7) is 3.84. The zero-order valence-corrected chi connectivity index (χ0v) is 9.71. The van der Waals surface area contributed by atoms with Crippen LogP contribution >= 0.6 is 23.5 Å². The highest BCUT2D eigenvalue weighted by Gasteiger charge is 2.16. The first-order valence-electron chi connectivity index (χ1n) is 5.05. The molecule has 2 aliphatic heterocycles. The summed E-state index contributed by atoms with van der Waals surface area (Å²) >= 11 is 4.15. The van der Waals surface area contributed by atoms with E-state index in [2.05, 4.69) is 33.3 Å². The fourth-order valence-electron chi connectivity index (χ4n) is 1.87. The maximum atomic E-state index is 2.60. The molecule has 2 heterocycles. The molecule has 2 nitrogen and oxygen atoms in total. The highest BCUT2D eigenvalue weighted by atomic mass is 32.2. The average molecular weight is 218 g/mol. The first-order chi connectivity index (χ1) is 6.45. The Morgan fingerprint density at radius 3 is 2.00 bits per heavy atom. The number of nitrogens with zero attached hydrogens (tertiary/aromatic N) is 2. The van der Waals surface area contributed by atoms with Crippen LogP contribution < -0.4 is 0 Å². The lowest BCUT2D eigenvalue weighted by Gasteiger charge is -2.34. The first-order valence-corrected chi connectivity index (χ1v) is 7.36. The van der Waals surface area contributed by atoms with Gasteiger partial charge >= 0.3 is 0 Å². The second-order valence-corrected chi connectivity index (χ2v) is 6.05. The molecule has 2 atom stereocenters. The van der Waals surface area contributed by atoms with Gasteiger partial charge in [0, 0.05) is 29.9 Å². The van der Waals surface area contributed by atoms with Crippen molar-refractivity contribution in [3.8, 4) is 0 Å². The molecule has 2 aliphatic rings. The van der Waals surface area contributed by atoms with Gasteiger partial charge in [-0.2, -0.15) is 0 Å². The third kappa shape index (κ3) is 3.35. The molecule has 0 aliphatic carbocycles. The third-order valence-electron chi connectivity index (χ3n) is 2.56. The molecule has 0 amide bonds. The standard InChI is InChI=1S/C9H18N2S2/c1-2-4-10-6-11(5-3-1)8-13-9-12-7-10/h1-9H2. The monoisotopic (exact) mass is 218 g/mol. The van der Waals surface area contributed by atoms with Crippen molar-refractivity contribution < 1.29 is 0 Å². The quantitative estimate of drug-likeness (QED) is 0.614. The second kappa shape index (κ2) is 5.49. The van der Waals surface area contributed by atoms with E-state index >= 15 is 0 Å². The molecule has 2 fully saturated rings. The minimum atomic E-state index is 1.21. The molecule has 76 valence electrons. The Labute approximate surface area is 89.4 Å². The van der Waals surface area contributed by atoms with E-state index in [1.807, 2.05) is 0 Å². The molecule has 0 spiro atoms. The van der Waals surface area contributed by atoms with Gasteiger partial charge in [-0.1, -0.05) is 6.42 Å². The zero-order chi connectivity index (χ0) is 8.93. The number of thioether (sulfide) groups is 2. The minimum absolute atomic E-state index is 1.21. The van der Waals surface area contributed by atoms with E-state index in [1.165, 1.54) is 55.9 Å². The molecule has 0 aromatic heterocycles. The molecule has 0 radical (unpaired) electrons. The van der Waals surface area contributed by atoms with Crippen molar-refractivity contribution >= 4 is 23.5 Å². The Kier molecular flexibility index (Phi) is 4.28. The Bertz CT molecular complexity index is 127. The van der Waals surface area contributed by atoms with Crippen molar-refractivity contribution in [3.63, 3.8) is 0 Å². The maximum Gasteiger partial charge on any atom is 0.0521 e. The lowest BCUT2D eigenvalue weighted by atomic mass is 10.2. The van der Waals surface area contributed by atoms with E-state index < -0.39 is 0 Å². The van der Waals surface area contributed by atoms with E-state index in [1.54, 1.807) is 0 Å². The van der Waals surface area contributed by atoms with Crippen LogP contribution in [0.4, 0.5) is 0 Å².